The van der Waals surface area contributed by atoms with Crippen molar-refractivity contribution < 1.29 is 18.0 Å². The zero-order chi connectivity index (χ0) is 19.0. The fourth-order valence-corrected chi connectivity index (χ4v) is 2.41. The molecule has 8 heteroatoms. The molecule has 0 aliphatic heterocycles. The second kappa shape index (κ2) is 10.8. The minimum Gasteiger partial charge on any atom is -0.379 e. The molecule has 1 amide bonds. The number of alkyl halides is 3. The highest BCUT2D eigenvalue weighted by atomic mass is 35.5. The van der Waals surface area contributed by atoms with Gasteiger partial charge in [-0.15, -0.1) is 12.4 Å². The van der Waals surface area contributed by atoms with E-state index in [9.17, 15) is 18.0 Å². The summed E-state index contributed by atoms with van der Waals surface area (Å²) in [6.07, 6.45) is -3.63. The van der Waals surface area contributed by atoms with Crippen molar-refractivity contribution >= 4 is 29.7 Å². The minimum atomic E-state index is -4.47. The maximum atomic E-state index is 13.0. The molecule has 0 atom stereocenters. The molecule has 0 radical (unpaired) electrons. The maximum absolute atomic E-state index is 13.0. The first-order valence-electron chi connectivity index (χ1n) is 8.33. The molecule has 0 aliphatic carbocycles. The summed E-state index contributed by atoms with van der Waals surface area (Å²) < 4.78 is 39.0. The first kappa shape index (κ1) is 22.8. The molecule has 3 N–H and O–H groups in total. The van der Waals surface area contributed by atoms with E-state index in [0.717, 1.165) is 17.7 Å². The lowest BCUT2D eigenvalue weighted by Gasteiger charge is -2.16. The molecule has 0 saturated carbocycles. The smallest absolute Gasteiger partial charge is 0.379 e. The largest absolute Gasteiger partial charge is 0.416 e. The Labute approximate surface area is 163 Å². The van der Waals surface area contributed by atoms with E-state index < -0.39 is 11.7 Å². The first-order valence-corrected chi connectivity index (χ1v) is 8.33. The Bertz CT molecular complexity index is 724. The molecule has 0 spiro atoms. The second-order valence-electron chi connectivity index (χ2n) is 5.85. The molecule has 148 valence electrons. The maximum Gasteiger partial charge on any atom is 0.416 e. The van der Waals surface area contributed by atoms with Gasteiger partial charge < -0.3 is 16.0 Å². The van der Waals surface area contributed by atoms with Gasteiger partial charge in [-0.05, 0) is 43.8 Å². The van der Waals surface area contributed by atoms with Gasteiger partial charge in [0.05, 0.1) is 16.9 Å². The molecule has 2 aromatic carbocycles. The lowest BCUT2D eigenvalue weighted by molar-refractivity contribution is -0.137. The van der Waals surface area contributed by atoms with Gasteiger partial charge in [0.25, 0.3) is 0 Å². The zero-order valence-electron chi connectivity index (χ0n) is 14.9. The summed E-state index contributed by atoms with van der Waals surface area (Å²) in [4.78, 5) is 12.0. The number of hydrogen-bond donors (Lipinski definition) is 3. The molecule has 0 bridgehead atoms. The Balaban J connectivity index is 0.00000364. The van der Waals surface area contributed by atoms with Crippen LogP contribution in [0.2, 0.25) is 0 Å². The van der Waals surface area contributed by atoms with Gasteiger partial charge in [-0.2, -0.15) is 13.2 Å². The first-order chi connectivity index (χ1) is 12.4. The van der Waals surface area contributed by atoms with Crippen molar-refractivity contribution in [2.24, 2.45) is 0 Å². The number of carbonyl (C=O) groups is 1. The highest BCUT2D eigenvalue weighted by Gasteiger charge is 2.31. The summed E-state index contributed by atoms with van der Waals surface area (Å²) in [6, 6.07) is 12.8. The average Bonchev–Trinajstić information content (AvgIpc) is 2.61. The molecule has 2 rings (SSSR count). The van der Waals surface area contributed by atoms with Crippen LogP contribution in [0.25, 0.3) is 0 Å². The van der Waals surface area contributed by atoms with Crippen LogP contribution in [-0.2, 0) is 17.5 Å². The predicted octanol–water partition coefficient (Wildman–Crippen LogP) is 4.68. The number of halogens is 4. The van der Waals surface area contributed by atoms with E-state index >= 15 is 0 Å². The lowest BCUT2D eigenvalue weighted by Crippen LogP contribution is -2.17. The van der Waals surface area contributed by atoms with Crippen LogP contribution in [0.1, 0.15) is 24.0 Å². The number of hydrogen-bond acceptors (Lipinski definition) is 3. The lowest BCUT2D eigenvalue weighted by atomic mass is 10.1. The molecule has 0 aromatic heterocycles. The van der Waals surface area contributed by atoms with Crippen molar-refractivity contribution in [1.82, 2.24) is 5.32 Å². The second-order valence-corrected chi connectivity index (χ2v) is 5.85. The highest BCUT2D eigenvalue weighted by molar-refractivity contribution is 5.94. The monoisotopic (exact) mass is 401 g/mol. The van der Waals surface area contributed by atoms with Crippen LogP contribution >= 0.6 is 12.4 Å². The molecular weight excluding hydrogens is 379 g/mol. The van der Waals surface area contributed by atoms with Crippen LogP contribution in [0.5, 0.6) is 0 Å². The fraction of sp³-hybridized carbons (Fsp3) is 0.316. The topological polar surface area (TPSA) is 53.2 Å². The Hall–Kier alpha value is -2.25. The molecule has 4 nitrogen and oxygen atoms in total. The van der Waals surface area contributed by atoms with Crippen LogP contribution in [0.15, 0.2) is 48.5 Å². The number of carbonyl (C=O) groups excluding carboxylic acids is 1. The van der Waals surface area contributed by atoms with E-state index in [0.29, 0.717) is 25.2 Å². The summed E-state index contributed by atoms with van der Waals surface area (Å²) in [6.45, 7) is 1.10. The van der Waals surface area contributed by atoms with Crippen molar-refractivity contribution in [3.8, 4) is 0 Å². The summed E-state index contributed by atoms with van der Waals surface area (Å²) in [5.41, 5.74) is 0.765. The number of anilines is 2. The van der Waals surface area contributed by atoms with Crippen molar-refractivity contribution in [1.29, 1.82) is 0 Å². The SMILES string of the molecule is CNCCCC(=O)Nc1cc(C(F)(F)F)ccc1NCc1ccccc1.Cl. The fourth-order valence-electron chi connectivity index (χ4n) is 2.41. The summed E-state index contributed by atoms with van der Waals surface area (Å²) in [5.74, 6) is -0.317. The number of benzene rings is 2. The normalized spacial score (nSPS) is 10.8. The van der Waals surface area contributed by atoms with E-state index in [-0.39, 0.29) is 30.4 Å². The van der Waals surface area contributed by atoms with Crippen LogP contribution in [0, 0.1) is 0 Å². The van der Waals surface area contributed by atoms with E-state index in [4.69, 9.17) is 0 Å². The van der Waals surface area contributed by atoms with Gasteiger partial charge in [0.15, 0.2) is 0 Å². The molecule has 0 saturated heterocycles. The van der Waals surface area contributed by atoms with Gasteiger partial charge >= 0.3 is 6.18 Å². The van der Waals surface area contributed by atoms with Crippen molar-refractivity contribution in [3.05, 3.63) is 59.7 Å². The Kier molecular flexibility index (Phi) is 9.11. The van der Waals surface area contributed by atoms with Crippen LogP contribution in [0.4, 0.5) is 24.5 Å². The quantitative estimate of drug-likeness (QED) is 0.563. The third-order valence-electron chi connectivity index (χ3n) is 3.78. The molecule has 0 fully saturated rings. The predicted molar refractivity (Wildman–Crippen MR) is 104 cm³/mol. The molecule has 0 aliphatic rings. The number of nitrogens with one attached hydrogen (secondary N) is 3. The van der Waals surface area contributed by atoms with Crippen LogP contribution < -0.4 is 16.0 Å². The van der Waals surface area contributed by atoms with Gasteiger partial charge in [0, 0.05) is 13.0 Å². The Morgan fingerprint density at radius 3 is 2.37 bits per heavy atom. The third kappa shape index (κ3) is 7.48. The third-order valence-corrected chi connectivity index (χ3v) is 3.78. The van der Waals surface area contributed by atoms with Crippen molar-refractivity contribution in [3.63, 3.8) is 0 Å². The van der Waals surface area contributed by atoms with Gasteiger partial charge in [-0.3, -0.25) is 4.79 Å². The van der Waals surface area contributed by atoms with E-state index in [2.05, 4.69) is 16.0 Å². The summed E-state index contributed by atoms with van der Waals surface area (Å²) in [7, 11) is 1.77. The van der Waals surface area contributed by atoms with E-state index in [1.54, 1.807) is 7.05 Å². The van der Waals surface area contributed by atoms with Gasteiger partial charge in [-0.1, -0.05) is 30.3 Å². The Morgan fingerprint density at radius 2 is 1.74 bits per heavy atom. The molecule has 27 heavy (non-hydrogen) atoms. The minimum absolute atomic E-state index is 0. The average molecular weight is 402 g/mol. The molecule has 2 aromatic rings. The highest BCUT2D eigenvalue weighted by Crippen LogP contribution is 2.34. The van der Waals surface area contributed by atoms with Gasteiger partial charge in [0.1, 0.15) is 0 Å². The van der Waals surface area contributed by atoms with Gasteiger partial charge in [0.2, 0.25) is 5.91 Å². The van der Waals surface area contributed by atoms with Crippen LogP contribution in [-0.4, -0.2) is 19.5 Å². The van der Waals surface area contributed by atoms with E-state index in [1.807, 2.05) is 30.3 Å². The molecule has 0 heterocycles. The van der Waals surface area contributed by atoms with Gasteiger partial charge in [-0.25, -0.2) is 0 Å². The van der Waals surface area contributed by atoms with Crippen LogP contribution in [0.3, 0.4) is 0 Å². The number of rotatable bonds is 8. The summed E-state index contributed by atoms with van der Waals surface area (Å²) >= 11 is 0. The van der Waals surface area contributed by atoms with Crippen molar-refractivity contribution in [2.75, 3.05) is 24.2 Å². The number of amides is 1. The molecular formula is C19H23ClF3N3O. The standard InChI is InChI=1S/C19H22F3N3O.ClH/c1-23-11-5-8-18(26)25-17-12-15(19(20,21)22)9-10-16(17)24-13-14-6-3-2-4-7-14;/h2-4,6-7,9-10,12,23-24H,5,8,11,13H2,1H3,(H,25,26);1H. The molecule has 0 unspecified atom stereocenters. The Morgan fingerprint density at radius 1 is 1.04 bits per heavy atom. The summed E-state index contributed by atoms with van der Waals surface area (Å²) in [5, 5.41) is 8.60. The van der Waals surface area contributed by atoms with E-state index in [1.165, 1.54) is 6.07 Å². The van der Waals surface area contributed by atoms with Crippen molar-refractivity contribution in [2.45, 2.75) is 25.6 Å². The zero-order valence-corrected chi connectivity index (χ0v) is 15.7.